The average Bonchev–Trinajstić information content (AvgIpc) is 2.52. The highest BCUT2D eigenvalue weighted by molar-refractivity contribution is 6.04. The van der Waals surface area contributed by atoms with Gasteiger partial charge < -0.3 is 15.2 Å². The number of unbranched alkanes of at least 4 members (excludes halogenated alkanes) is 2. The number of ether oxygens (including phenoxy) is 1. The van der Waals surface area contributed by atoms with Gasteiger partial charge in [-0.3, -0.25) is 4.79 Å². The Morgan fingerprint density at radius 2 is 1.91 bits per heavy atom. The summed E-state index contributed by atoms with van der Waals surface area (Å²) < 4.78 is 5.67. The van der Waals surface area contributed by atoms with Gasteiger partial charge in [-0.1, -0.05) is 25.8 Å². The van der Waals surface area contributed by atoms with Gasteiger partial charge in [-0.2, -0.15) is 0 Å². The number of carbonyl (C=O) groups is 1. The van der Waals surface area contributed by atoms with E-state index in [4.69, 9.17) is 4.74 Å². The molecule has 0 bridgehead atoms. The van der Waals surface area contributed by atoms with E-state index >= 15 is 0 Å². The van der Waals surface area contributed by atoms with Gasteiger partial charge in [-0.25, -0.2) is 0 Å². The van der Waals surface area contributed by atoms with Crippen molar-refractivity contribution in [3.63, 3.8) is 0 Å². The lowest BCUT2D eigenvalue weighted by molar-refractivity contribution is 0.102. The van der Waals surface area contributed by atoms with Crippen LogP contribution in [0.25, 0.3) is 0 Å². The quantitative estimate of drug-likeness (QED) is 0.753. The van der Waals surface area contributed by atoms with Crippen molar-refractivity contribution in [3.8, 4) is 11.5 Å². The number of aromatic hydroxyl groups is 1. The fourth-order valence-corrected chi connectivity index (χ4v) is 2.02. The minimum absolute atomic E-state index is 0.138. The molecule has 0 radical (unpaired) electrons. The molecular formula is C18H21NO3. The maximum atomic E-state index is 12.1. The summed E-state index contributed by atoms with van der Waals surface area (Å²) in [6, 6.07) is 13.5. The maximum absolute atomic E-state index is 12.1. The van der Waals surface area contributed by atoms with Gasteiger partial charge in [0.05, 0.1) is 6.61 Å². The van der Waals surface area contributed by atoms with Gasteiger partial charge in [0.15, 0.2) is 0 Å². The first kappa shape index (κ1) is 15.9. The molecule has 1 amide bonds. The second kappa shape index (κ2) is 8.08. The van der Waals surface area contributed by atoms with Gasteiger partial charge >= 0.3 is 0 Å². The molecule has 0 aliphatic carbocycles. The summed E-state index contributed by atoms with van der Waals surface area (Å²) in [6.45, 7) is 2.84. The van der Waals surface area contributed by atoms with Gasteiger partial charge in [0.1, 0.15) is 11.5 Å². The predicted octanol–water partition coefficient (Wildman–Crippen LogP) is 4.21. The SMILES string of the molecule is CCCCCOc1cccc(NC(=O)c2ccc(O)cc2)c1. The summed E-state index contributed by atoms with van der Waals surface area (Å²) in [5.74, 6) is 0.668. The Morgan fingerprint density at radius 3 is 2.64 bits per heavy atom. The second-order valence-electron chi connectivity index (χ2n) is 5.08. The lowest BCUT2D eigenvalue weighted by atomic mass is 10.2. The van der Waals surface area contributed by atoms with Gasteiger partial charge in [0.25, 0.3) is 5.91 Å². The number of hydrogen-bond acceptors (Lipinski definition) is 3. The van der Waals surface area contributed by atoms with Crippen molar-refractivity contribution in [2.45, 2.75) is 26.2 Å². The molecule has 0 fully saturated rings. The molecule has 2 aromatic carbocycles. The first-order chi connectivity index (χ1) is 10.7. The zero-order valence-corrected chi connectivity index (χ0v) is 12.7. The highest BCUT2D eigenvalue weighted by Crippen LogP contribution is 2.19. The normalized spacial score (nSPS) is 10.2. The van der Waals surface area contributed by atoms with Crippen LogP contribution in [0.1, 0.15) is 36.5 Å². The number of phenols is 1. The van der Waals surface area contributed by atoms with Crippen LogP contribution in [-0.4, -0.2) is 17.6 Å². The van der Waals surface area contributed by atoms with Gasteiger partial charge in [-0.15, -0.1) is 0 Å². The second-order valence-corrected chi connectivity index (χ2v) is 5.08. The molecule has 4 heteroatoms. The summed E-state index contributed by atoms with van der Waals surface area (Å²) in [6.07, 6.45) is 3.34. The molecule has 0 spiro atoms. The third-order valence-corrected chi connectivity index (χ3v) is 3.24. The molecule has 0 aromatic heterocycles. The van der Waals surface area contributed by atoms with Crippen LogP contribution in [0.3, 0.4) is 0 Å². The van der Waals surface area contributed by atoms with E-state index in [1.165, 1.54) is 12.1 Å². The van der Waals surface area contributed by atoms with E-state index in [2.05, 4.69) is 12.2 Å². The Balaban J connectivity index is 1.94. The molecule has 22 heavy (non-hydrogen) atoms. The molecule has 0 aliphatic rings. The van der Waals surface area contributed by atoms with E-state index in [1.807, 2.05) is 24.3 Å². The van der Waals surface area contributed by atoms with Crippen LogP contribution in [0.15, 0.2) is 48.5 Å². The van der Waals surface area contributed by atoms with Crippen LogP contribution in [0.2, 0.25) is 0 Å². The molecule has 0 saturated carbocycles. The summed E-state index contributed by atoms with van der Waals surface area (Å²) >= 11 is 0. The summed E-state index contributed by atoms with van der Waals surface area (Å²) in [5, 5.41) is 12.1. The number of rotatable bonds is 7. The van der Waals surface area contributed by atoms with Crippen LogP contribution < -0.4 is 10.1 Å². The van der Waals surface area contributed by atoms with E-state index in [0.29, 0.717) is 17.9 Å². The van der Waals surface area contributed by atoms with Crippen molar-refractivity contribution < 1.29 is 14.6 Å². The lowest BCUT2D eigenvalue weighted by Crippen LogP contribution is -2.11. The third kappa shape index (κ3) is 4.81. The number of anilines is 1. The Morgan fingerprint density at radius 1 is 1.14 bits per heavy atom. The predicted molar refractivity (Wildman–Crippen MR) is 87.5 cm³/mol. The minimum Gasteiger partial charge on any atom is -0.508 e. The largest absolute Gasteiger partial charge is 0.508 e. The Labute approximate surface area is 130 Å². The third-order valence-electron chi connectivity index (χ3n) is 3.24. The van der Waals surface area contributed by atoms with Gasteiger partial charge in [0, 0.05) is 17.3 Å². The number of benzene rings is 2. The fraction of sp³-hybridized carbons (Fsp3) is 0.278. The molecule has 0 heterocycles. The van der Waals surface area contributed by atoms with Gasteiger partial charge in [-0.05, 0) is 42.8 Å². The number of phenolic OH excluding ortho intramolecular Hbond substituents is 1. The Bertz CT molecular complexity index is 608. The van der Waals surface area contributed by atoms with Crippen molar-refractivity contribution in [1.82, 2.24) is 0 Å². The number of hydrogen-bond donors (Lipinski definition) is 2. The van der Waals surface area contributed by atoms with Crippen molar-refractivity contribution >= 4 is 11.6 Å². The number of amides is 1. The smallest absolute Gasteiger partial charge is 0.255 e. The number of carbonyl (C=O) groups excluding carboxylic acids is 1. The van der Waals surface area contributed by atoms with E-state index in [1.54, 1.807) is 12.1 Å². The highest BCUT2D eigenvalue weighted by Gasteiger charge is 2.06. The summed E-state index contributed by atoms with van der Waals surface area (Å²) in [4.78, 5) is 12.1. The molecule has 0 saturated heterocycles. The first-order valence-electron chi connectivity index (χ1n) is 7.52. The lowest BCUT2D eigenvalue weighted by Gasteiger charge is -2.09. The monoisotopic (exact) mass is 299 g/mol. The van der Waals surface area contributed by atoms with E-state index in [9.17, 15) is 9.90 Å². The zero-order valence-electron chi connectivity index (χ0n) is 12.7. The first-order valence-corrected chi connectivity index (χ1v) is 7.52. The molecule has 0 aliphatic heterocycles. The van der Waals surface area contributed by atoms with Crippen molar-refractivity contribution in [1.29, 1.82) is 0 Å². The average molecular weight is 299 g/mol. The van der Waals surface area contributed by atoms with E-state index < -0.39 is 0 Å². The molecule has 0 unspecified atom stereocenters. The van der Waals surface area contributed by atoms with E-state index in [0.717, 1.165) is 25.0 Å². The topological polar surface area (TPSA) is 58.6 Å². The van der Waals surface area contributed by atoms with Crippen molar-refractivity contribution in [2.24, 2.45) is 0 Å². The molecule has 116 valence electrons. The molecule has 4 nitrogen and oxygen atoms in total. The van der Waals surface area contributed by atoms with Crippen LogP contribution in [0, 0.1) is 0 Å². The van der Waals surface area contributed by atoms with Crippen LogP contribution in [0.4, 0.5) is 5.69 Å². The highest BCUT2D eigenvalue weighted by atomic mass is 16.5. The minimum atomic E-state index is -0.219. The summed E-state index contributed by atoms with van der Waals surface area (Å²) in [5.41, 5.74) is 1.18. The van der Waals surface area contributed by atoms with Crippen LogP contribution in [-0.2, 0) is 0 Å². The fourth-order valence-electron chi connectivity index (χ4n) is 2.02. The Hall–Kier alpha value is -2.49. The van der Waals surface area contributed by atoms with Crippen LogP contribution >= 0.6 is 0 Å². The van der Waals surface area contributed by atoms with Gasteiger partial charge in [0.2, 0.25) is 0 Å². The Kier molecular flexibility index (Phi) is 5.83. The molecule has 2 rings (SSSR count). The van der Waals surface area contributed by atoms with Crippen molar-refractivity contribution in [3.05, 3.63) is 54.1 Å². The molecule has 2 N–H and O–H groups in total. The van der Waals surface area contributed by atoms with E-state index in [-0.39, 0.29) is 11.7 Å². The summed E-state index contributed by atoms with van der Waals surface area (Å²) in [7, 11) is 0. The molecular weight excluding hydrogens is 278 g/mol. The standard InChI is InChI=1S/C18H21NO3/c1-2-3-4-12-22-17-7-5-6-15(13-17)19-18(21)14-8-10-16(20)11-9-14/h5-11,13,20H,2-4,12H2,1H3,(H,19,21). The number of nitrogens with one attached hydrogen (secondary N) is 1. The van der Waals surface area contributed by atoms with Crippen molar-refractivity contribution in [2.75, 3.05) is 11.9 Å². The molecule has 0 atom stereocenters. The maximum Gasteiger partial charge on any atom is 0.255 e. The van der Waals surface area contributed by atoms with Crippen LogP contribution in [0.5, 0.6) is 11.5 Å². The molecule has 2 aromatic rings. The zero-order chi connectivity index (χ0) is 15.8.